The fraction of sp³-hybridized carbons (Fsp3) is 0.136. The summed E-state index contributed by atoms with van der Waals surface area (Å²) >= 11 is 0. The lowest BCUT2D eigenvalue weighted by atomic mass is 10.1. The summed E-state index contributed by atoms with van der Waals surface area (Å²) in [7, 11) is 1.74. The van der Waals surface area contributed by atoms with Gasteiger partial charge in [-0.3, -0.25) is 4.79 Å². The first-order chi connectivity index (χ1) is 15.3. The molecule has 10 heteroatoms. The van der Waals surface area contributed by atoms with Gasteiger partial charge in [0.2, 0.25) is 11.8 Å². The van der Waals surface area contributed by atoms with Gasteiger partial charge in [0.1, 0.15) is 40.7 Å². The van der Waals surface area contributed by atoms with E-state index in [4.69, 9.17) is 16.2 Å². The monoisotopic (exact) mass is 431 g/mol. The Balaban J connectivity index is 1.87. The third kappa shape index (κ3) is 3.69. The molecule has 1 aromatic carbocycles. The van der Waals surface area contributed by atoms with Crippen LogP contribution in [0.4, 0.5) is 17.5 Å². The highest BCUT2D eigenvalue weighted by Gasteiger charge is 2.19. The van der Waals surface area contributed by atoms with Gasteiger partial charge in [-0.1, -0.05) is 6.07 Å². The number of carbonyl (C=O) groups is 1. The number of amides is 1. The molecule has 5 N–H and O–H groups in total. The van der Waals surface area contributed by atoms with Crippen LogP contribution in [0.3, 0.4) is 0 Å². The summed E-state index contributed by atoms with van der Waals surface area (Å²) < 4.78 is 6.15. The summed E-state index contributed by atoms with van der Waals surface area (Å²) in [5.41, 5.74) is 13.7. The summed E-state index contributed by atoms with van der Waals surface area (Å²) in [4.78, 5) is 30.5. The summed E-state index contributed by atoms with van der Waals surface area (Å²) in [5.74, 6) is 1.26. The number of primary amides is 1. The number of rotatable bonds is 5. The predicted molar refractivity (Wildman–Crippen MR) is 120 cm³/mol. The molecule has 162 valence electrons. The molecular formula is C22H21N7O3. The van der Waals surface area contributed by atoms with Crippen molar-refractivity contribution >= 4 is 34.3 Å². The number of aromatic nitrogens is 4. The quantitative estimate of drug-likeness (QED) is 0.432. The molecule has 1 amide bonds. The first kappa shape index (κ1) is 20.8. The zero-order valence-corrected chi connectivity index (χ0v) is 17.7. The molecule has 0 bridgehead atoms. The van der Waals surface area contributed by atoms with E-state index in [1.54, 1.807) is 43.1 Å². The average Bonchev–Trinajstić information content (AvgIpc) is 2.78. The molecule has 0 aliphatic rings. The van der Waals surface area contributed by atoms with Crippen LogP contribution in [-0.2, 0) is 0 Å². The summed E-state index contributed by atoms with van der Waals surface area (Å²) in [6, 6.07) is 8.15. The summed E-state index contributed by atoms with van der Waals surface area (Å²) in [6.07, 6.45) is 2.84. The van der Waals surface area contributed by atoms with Gasteiger partial charge in [0.25, 0.3) is 0 Å². The van der Waals surface area contributed by atoms with Gasteiger partial charge < -0.3 is 26.2 Å². The van der Waals surface area contributed by atoms with Gasteiger partial charge in [0, 0.05) is 30.4 Å². The van der Waals surface area contributed by atoms with Crippen LogP contribution in [0.5, 0.6) is 17.4 Å². The number of fused-ring (bicyclic) bond motifs is 1. The van der Waals surface area contributed by atoms with Crippen LogP contribution in [0, 0.1) is 13.8 Å². The predicted octanol–water partition coefficient (Wildman–Crippen LogP) is 2.98. The molecule has 0 atom stereocenters. The van der Waals surface area contributed by atoms with E-state index < -0.39 is 5.91 Å². The second kappa shape index (κ2) is 7.99. The number of carbonyl (C=O) groups excluding carboxylic acids is 1. The van der Waals surface area contributed by atoms with Crippen LogP contribution in [-0.4, -0.2) is 38.0 Å². The summed E-state index contributed by atoms with van der Waals surface area (Å²) in [5, 5.41) is 10.6. The maximum absolute atomic E-state index is 11.6. The van der Waals surface area contributed by atoms with E-state index >= 15 is 0 Å². The minimum atomic E-state index is -0.562. The van der Waals surface area contributed by atoms with E-state index in [2.05, 4.69) is 19.9 Å². The lowest BCUT2D eigenvalue weighted by molar-refractivity contribution is 0.1000. The number of hydrogen-bond donors (Lipinski definition) is 3. The molecule has 0 fully saturated rings. The zero-order valence-electron chi connectivity index (χ0n) is 17.7. The van der Waals surface area contributed by atoms with Crippen molar-refractivity contribution in [2.75, 3.05) is 17.7 Å². The Bertz CT molecular complexity index is 1360. The number of ether oxygens (including phenoxy) is 1. The first-order valence-electron chi connectivity index (χ1n) is 9.64. The van der Waals surface area contributed by atoms with Gasteiger partial charge in [0.15, 0.2) is 0 Å². The molecule has 0 radical (unpaired) electrons. The van der Waals surface area contributed by atoms with E-state index in [1.165, 1.54) is 18.6 Å². The van der Waals surface area contributed by atoms with Crippen molar-refractivity contribution in [2.24, 2.45) is 5.73 Å². The van der Waals surface area contributed by atoms with Crippen molar-refractivity contribution in [1.82, 2.24) is 19.9 Å². The minimum absolute atomic E-state index is 0.0971. The molecule has 4 rings (SSSR count). The molecule has 0 aliphatic heterocycles. The van der Waals surface area contributed by atoms with Gasteiger partial charge in [0.05, 0.1) is 5.52 Å². The highest BCUT2D eigenvalue weighted by Crippen LogP contribution is 2.38. The Morgan fingerprint density at radius 2 is 1.88 bits per heavy atom. The smallest absolute Gasteiger partial charge is 0.248 e. The molecule has 3 heterocycles. The van der Waals surface area contributed by atoms with Gasteiger partial charge >= 0.3 is 0 Å². The number of phenolic OH excluding ortho intramolecular Hbond substituents is 1. The largest absolute Gasteiger partial charge is 0.508 e. The van der Waals surface area contributed by atoms with Crippen LogP contribution in [0.2, 0.25) is 0 Å². The number of phenols is 1. The summed E-state index contributed by atoms with van der Waals surface area (Å²) in [6.45, 7) is 3.61. The van der Waals surface area contributed by atoms with Gasteiger partial charge in [-0.05, 0) is 37.6 Å². The minimum Gasteiger partial charge on any atom is -0.508 e. The number of nitrogens with zero attached hydrogens (tertiary/aromatic N) is 5. The Morgan fingerprint density at radius 3 is 2.62 bits per heavy atom. The number of aryl methyl sites for hydroxylation is 1. The molecule has 3 aromatic heterocycles. The SMILES string of the molecule is Cc1ccc(O)c(C)c1Oc1nc(N(C)c2cc(C(N)=O)ccn2)cc2ncnc(N)c12. The second-order valence-corrected chi connectivity index (χ2v) is 7.22. The molecule has 0 unspecified atom stereocenters. The van der Waals surface area contributed by atoms with Crippen molar-refractivity contribution < 1.29 is 14.6 Å². The maximum atomic E-state index is 11.6. The second-order valence-electron chi connectivity index (χ2n) is 7.22. The number of benzene rings is 1. The van der Waals surface area contributed by atoms with Gasteiger partial charge in [-0.25, -0.2) is 15.0 Å². The van der Waals surface area contributed by atoms with E-state index in [0.717, 1.165) is 5.56 Å². The van der Waals surface area contributed by atoms with Crippen molar-refractivity contribution in [3.8, 4) is 17.4 Å². The molecule has 0 saturated heterocycles. The number of nitrogens with two attached hydrogens (primary N) is 2. The number of hydrogen-bond acceptors (Lipinski definition) is 9. The topological polar surface area (TPSA) is 153 Å². The average molecular weight is 431 g/mol. The fourth-order valence-electron chi connectivity index (χ4n) is 3.25. The van der Waals surface area contributed by atoms with E-state index in [-0.39, 0.29) is 17.4 Å². The highest BCUT2D eigenvalue weighted by molar-refractivity contribution is 5.95. The van der Waals surface area contributed by atoms with E-state index in [1.807, 2.05) is 6.92 Å². The van der Waals surface area contributed by atoms with Gasteiger partial charge in [-0.15, -0.1) is 0 Å². The Labute approximate surface area is 183 Å². The van der Waals surface area contributed by atoms with E-state index in [9.17, 15) is 9.90 Å². The normalized spacial score (nSPS) is 10.8. The number of pyridine rings is 2. The zero-order chi connectivity index (χ0) is 23.0. The van der Waals surface area contributed by atoms with Crippen LogP contribution >= 0.6 is 0 Å². The molecule has 32 heavy (non-hydrogen) atoms. The molecule has 4 aromatic rings. The standard InChI is InChI=1S/C22H21N7O3/c1-11-4-5-15(30)12(2)19(11)32-22-18-14(26-10-27-20(18)23)9-17(28-22)29(3)16-8-13(21(24)31)6-7-25-16/h4-10,30H,1-3H3,(H2,24,31)(H2,23,26,27). The highest BCUT2D eigenvalue weighted by atomic mass is 16.5. The molecule has 0 saturated carbocycles. The Morgan fingerprint density at radius 1 is 1.09 bits per heavy atom. The first-order valence-corrected chi connectivity index (χ1v) is 9.64. The van der Waals surface area contributed by atoms with Crippen molar-refractivity contribution in [1.29, 1.82) is 0 Å². The number of nitrogen functional groups attached to an aromatic ring is 1. The third-order valence-electron chi connectivity index (χ3n) is 5.09. The van der Waals surface area contributed by atoms with Crippen molar-refractivity contribution in [2.45, 2.75) is 13.8 Å². The number of aromatic hydroxyl groups is 1. The lowest BCUT2D eigenvalue weighted by Gasteiger charge is -2.20. The van der Waals surface area contributed by atoms with Crippen LogP contribution in [0.25, 0.3) is 10.9 Å². The molecule has 0 aliphatic carbocycles. The third-order valence-corrected chi connectivity index (χ3v) is 5.09. The van der Waals surface area contributed by atoms with E-state index in [0.29, 0.717) is 39.4 Å². The number of anilines is 3. The van der Waals surface area contributed by atoms with Crippen LogP contribution < -0.4 is 21.1 Å². The molecule has 0 spiro atoms. The maximum Gasteiger partial charge on any atom is 0.248 e. The van der Waals surface area contributed by atoms with Crippen LogP contribution in [0.1, 0.15) is 21.5 Å². The van der Waals surface area contributed by atoms with Crippen molar-refractivity contribution in [3.05, 3.63) is 59.5 Å². The molecule has 10 nitrogen and oxygen atoms in total. The Kier molecular flexibility index (Phi) is 5.19. The Hall–Kier alpha value is -4.47. The lowest BCUT2D eigenvalue weighted by Crippen LogP contribution is -2.16. The fourth-order valence-corrected chi connectivity index (χ4v) is 3.25. The molecular weight excluding hydrogens is 410 g/mol. The van der Waals surface area contributed by atoms with Crippen LogP contribution in [0.15, 0.2) is 42.9 Å². The van der Waals surface area contributed by atoms with Gasteiger partial charge in [-0.2, -0.15) is 4.98 Å². The van der Waals surface area contributed by atoms with Crippen molar-refractivity contribution in [3.63, 3.8) is 0 Å².